The quantitative estimate of drug-likeness (QED) is 0.0261. The van der Waals surface area contributed by atoms with E-state index in [4.69, 9.17) is 14.2 Å². The van der Waals surface area contributed by atoms with E-state index in [1.807, 2.05) is 0 Å². The van der Waals surface area contributed by atoms with Gasteiger partial charge in [0, 0.05) is 19.3 Å². The number of rotatable bonds is 52. The minimum atomic E-state index is -0.804. The zero-order valence-corrected chi connectivity index (χ0v) is 47.1. The summed E-state index contributed by atoms with van der Waals surface area (Å²) in [4.78, 5) is 38.2. The molecule has 6 heteroatoms. The van der Waals surface area contributed by atoms with E-state index in [1.165, 1.54) is 64.2 Å². The normalized spacial score (nSPS) is 13.1. The highest BCUT2D eigenvalue weighted by Crippen LogP contribution is 2.15. The smallest absolute Gasteiger partial charge is 0.306 e. The fourth-order valence-corrected chi connectivity index (χ4v) is 7.79. The van der Waals surface area contributed by atoms with Crippen LogP contribution in [0.2, 0.25) is 0 Å². The summed E-state index contributed by atoms with van der Waals surface area (Å²) >= 11 is 0. The minimum Gasteiger partial charge on any atom is -0.462 e. The molecule has 1 atom stereocenters. The Morgan fingerprint density at radius 2 is 0.493 bits per heavy atom. The topological polar surface area (TPSA) is 78.9 Å². The number of hydrogen-bond donors (Lipinski definition) is 0. The maximum atomic E-state index is 12.9. The molecule has 0 aromatic rings. The van der Waals surface area contributed by atoms with Gasteiger partial charge in [0.1, 0.15) is 13.2 Å². The molecule has 73 heavy (non-hydrogen) atoms. The molecule has 0 N–H and O–H groups in total. The van der Waals surface area contributed by atoms with Crippen LogP contribution in [-0.4, -0.2) is 37.2 Å². The van der Waals surface area contributed by atoms with Gasteiger partial charge in [0.05, 0.1) is 0 Å². The zero-order chi connectivity index (χ0) is 52.9. The molecule has 0 amide bonds. The van der Waals surface area contributed by atoms with Crippen LogP contribution in [0, 0.1) is 0 Å². The Balaban J connectivity index is 4.43. The fraction of sp³-hybridized carbons (Fsp3) is 0.627. The zero-order valence-electron chi connectivity index (χ0n) is 47.1. The number of ether oxygens (including phenoxy) is 3. The summed E-state index contributed by atoms with van der Waals surface area (Å²) in [5, 5.41) is 0. The Kier molecular flexibility index (Phi) is 56.4. The first-order valence-corrected chi connectivity index (χ1v) is 29.7. The van der Waals surface area contributed by atoms with Gasteiger partial charge in [0.2, 0.25) is 0 Å². The van der Waals surface area contributed by atoms with Crippen LogP contribution in [0.4, 0.5) is 0 Å². The highest BCUT2D eigenvalue weighted by Gasteiger charge is 2.19. The molecule has 0 fully saturated rings. The van der Waals surface area contributed by atoms with Crippen LogP contribution in [0.1, 0.15) is 252 Å². The van der Waals surface area contributed by atoms with E-state index in [0.29, 0.717) is 19.3 Å². The third kappa shape index (κ3) is 58.3. The van der Waals surface area contributed by atoms with Crippen molar-refractivity contribution in [2.75, 3.05) is 13.2 Å². The van der Waals surface area contributed by atoms with E-state index in [2.05, 4.69) is 154 Å². The van der Waals surface area contributed by atoms with E-state index < -0.39 is 6.10 Å². The largest absolute Gasteiger partial charge is 0.462 e. The average molecular weight is 1010 g/mol. The van der Waals surface area contributed by atoms with Gasteiger partial charge in [0.15, 0.2) is 6.10 Å². The van der Waals surface area contributed by atoms with Crippen LogP contribution in [0.3, 0.4) is 0 Å². The standard InChI is InChI=1S/C67H108O6/c1-4-7-10-13-16-19-22-25-27-29-31-33-35-37-39-42-45-48-51-54-57-60-66(69)72-63-64(62-71-65(68)59-56-53-50-47-44-41-24-21-18-15-12-9-6-3)73-67(70)61-58-55-52-49-46-43-40-38-36-34-32-30-28-26-23-20-17-14-11-8-5-2/h7-12,16-21,25-28,31-34,41,44,64H,4-6,13-15,22-24,29-30,35-40,42-43,45-63H2,1-3H3/b10-7-,11-8-,12-9-,19-16-,20-17-,21-18-,27-25-,28-26-,33-31-,34-32-,44-41-. The van der Waals surface area contributed by atoms with Crippen molar-refractivity contribution in [1.29, 1.82) is 0 Å². The molecule has 0 aromatic carbocycles. The third-order valence-electron chi connectivity index (χ3n) is 12.1. The molecule has 0 aliphatic rings. The van der Waals surface area contributed by atoms with Crippen LogP contribution in [0.25, 0.3) is 0 Å². The van der Waals surface area contributed by atoms with E-state index in [-0.39, 0.29) is 31.1 Å². The van der Waals surface area contributed by atoms with E-state index in [9.17, 15) is 14.4 Å². The Bertz CT molecular complexity index is 1580. The Morgan fingerprint density at radius 3 is 0.781 bits per heavy atom. The molecular weight excluding hydrogens is 901 g/mol. The summed E-state index contributed by atoms with van der Waals surface area (Å²) < 4.78 is 16.9. The van der Waals surface area contributed by atoms with Crippen LogP contribution in [0.5, 0.6) is 0 Å². The van der Waals surface area contributed by atoms with Crippen molar-refractivity contribution in [3.8, 4) is 0 Å². The Hall–Kier alpha value is -4.45. The maximum Gasteiger partial charge on any atom is 0.306 e. The van der Waals surface area contributed by atoms with Crippen LogP contribution in [0.15, 0.2) is 134 Å². The number of carbonyl (C=O) groups is 3. The highest BCUT2D eigenvalue weighted by atomic mass is 16.6. The van der Waals surface area contributed by atoms with Gasteiger partial charge < -0.3 is 14.2 Å². The lowest BCUT2D eigenvalue weighted by molar-refractivity contribution is -0.167. The predicted octanol–water partition coefficient (Wildman–Crippen LogP) is 20.2. The summed E-state index contributed by atoms with van der Waals surface area (Å²) in [6, 6.07) is 0. The predicted molar refractivity (Wildman–Crippen MR) is 316 cm³/mol. The van der Waals surface area contributed by atoms with Crippen molar-refractivity contribution in [2.24, 2.45) is 0 Å². The van der Waals surface area contributed by atoms with Crippen molar-refractivity contribution in [1.82, 2.24) is 0 Å². The molecule has 412 valence electrons. The Labute approximate surface area is 449 Å². The van der Waals surface area contributed by atoms with Gasteiger partial charge in [-0.05, 0) is 128 Å². The maximum absolute atomic E-state index is 12.9. The van der Waals surface area contributed by atoms with Crippen molar-refractivity contribution < 1.29 is 28.6 Å². The van der Waals surface area contributed by atoms with Gasteiger partial charge in [-0.2, -0.15) is 0 Å². The molecular formula is C67H108O6. The second-order valence-electron chi connectivity index (χ2n) is 19.1. The second kappa shape index (κ2) is 60.1. The third-order valence-corrected chi connectivity index (χ3v) is 12.1. The average Bonchev–Trinajstić information content (AvgIpc) is 3.39. The number of carbonyl (C=O) groups excluding carboxylic acids is 3. The van der Waals surface area contributed by atoms with Crippen molar-refractivity contribution in [2.45, 2.75) is 258 Å². The minimum absolute atomic E-state index is 0.0992. The molecule has 0 saturated heterocycles. The molecule has 0 radical (unpaired) electrons. The Morgan fingerprint density at radius 1 is 0.274 bits per heavy atom. The SMILES string of the molecule is CC/C=C\C/C=C\C/C=C\C/C=C\CCCCCCCCCCC(=O)OCC(COC(=O)CCCCC/C=C\C/C=C\C/C=C\CC)OC(=O)CCCCCCCCCC/C=C\C/C=C\C/C=C\C/C=C\CC. The first-order valence-electron chi connectivity index (χ1n) is 29.7. The number of esters is 3. The van der Waals surface area contributed by atoms with Gasteiger partial charge in [-0.1, -0.05) is 238 Å². The number of hydrogen-bond acceptors (Lipinski definition) is 6. The molecule has 0 aliphatic heterocycles. The molecule has 6 nitrogen and oxygen atoms in total. The molecule has 0 saturated carbocycles. The van der Waals surface area contributed by atoms with E-state index >= 15 is 0 Å². The summed E-state index contributed by atoms with van der Waals surface area (Å²) in [6.45, 7) is 6.26. The highest BCUT2D eigenvalue weighted by molar-refractivity contribution is 5.71. The lowest BCUT2D eigenvalue weighted by Gasteiger charge is -2.18. The number of unbranched alkanes of at least 4 members (excludes halogenated alkanes) is 19. The molecule has 0 bridgehead atoms. The van der Waals surface area contributed by atoms with Gasteiger partial charge in [-0.25, -0.2) is 0 Å². The van der Waals surface area contributed by atoms with Gasteiger partial charge in [0.25, 0.3) is 0 Å². The number of allylic oxidation sites excluding steroid dienone is 22. The molecule has 0 spiro atoms. The van der Waals surface area contributed by atoms with Gasteiger partial charge >= 0.3 is 17.9 Å². The van der Waals surface area contributed by atoms with Crippen molar-refractivity contribution in [3.05, 3.63) is 134 Å². The van der Waals surface area contributed by atoms with Gasteiger partial charge in [-0.3, -0.25) is 14.4 Å². The summed E-state index contributed by atoms with van der Waals surface area (Å²) in [5.41, 5.74) is 0. The van der Waals surface area contributed by atoms with Crippen LogP contribution < -0.4 is 0 Å². The molecule has 0 rings (SSSR count). The van der Waals surface area contributed by atoms with Crippen molar-refractivity contribution >= 4 is 17.9 Å². The fourth-order valence-electron chi connectivity index (χ4n) is 7.79. The van der Waals surface area contributed by atoms with Gasteiger partial charge in [-0.15, -0.1) is 0 Å². The van der Waals surface area contributed by atoms with E-state index in [1.54, 1.807) is 0 Å². The first-order chi connectivity index (χ1) is 36.0. The lowest BCUT2D eigenvalue weighted by atomic mass is 10.1. The monoisotopic (exact) mass is 1010 g/mol. The molecule has 0 heterocycles. The van der Waals surface area contributed by atoms with Crippen LogP contribution in [-0.2, 0) is 28.6 Å². The molecule has 1 unspecified atom stereocenters. The lowest BCUT2D eigenvalue weighted by Crippen LogP contribution is -2.30. The summed E-state index contributed by atoms with van der Waals surface area (Å²) in [5.74, 6) is -0.947. The molecule has 0 aromatic heterocycles. The van der Waals surface area contributed by atoms with Crippen LogP contribution >= 0.6 is 0 Å². The van der Waals surface area contributed by atoms with E-state index in [0.717, 1.165) is 148 Å². The first kappa shape index (κ1) is 68.6. The summed E-state index contributed by atoms with van der Waals surface area (Å²) in [6.07, 6.45) is 84.4. The summed E-state index contributed by atoms with van der Waals surface area (Å²) in [7, 11) is 0. The van der Waals surface area contributed by atoms with Crippen molar-refractivity contribution in [3.63, 3.8) is 0 Å². The second-order valence-corrected chi connectivity index (χ2v) is 19.1. The molecule has 0 aliphatic carbocycles.